The maximum absolute atomic E-state index is 13.5. The molecule has 0 fully saturated rings. The first-order chi connectivity index (χ1) is 16.2. The predicted octanol–water partition coefficient (Wildman–Crippen LogP) is 6.39. The van der Waals surface area contributed by atoms with Crippen molar-refractivity contribution in [1.82, 2.24) is 9.78 Å². The molecule has 34 heavy (non-hydrogen) atoms. The van der Waals surface area contributed by atoms with Gasteiger partial charge >= 0.3 is 6.03 Å². The summed E-state index contributed by atoms with van der Waals surface area (Å²) < 4.78 is 39.7. The number of rotatable bonds is 3. The second-order valence-corrected chi connectivity index (χ2v) is 8.50. The molecule has 0 unspecified atom stereocenters. The molecule has 4 aromatic rings. The first kappa shape index (κ1) is 21.6. The van der Waals surface area contributed by atoms with E-state index in [9.17, 15) is 13.6 Å². The van der Waals surface area contributed by atoms with Crippen molar-refractivity contribution in [3.8, 4) is 33.9 Å². The lowest BCUT2D eigenvalue weighted by Crippen LogP contribution is -2.29. The average molecular weight is 461 g/mol. The Balaban J connectivity index is 1.51. The number of halogens is 2. The van der Waals surface area contributed by atoms with Crippen LogP contribution in [0.2, 0.25) is 0 Å². The molecule has 0 saturated heterocycles. The van der Waals surface area contributed by atoms with Crippen molar-refractivity contribution < 1.29 is 23.0 Å². The minimum absolute atomic E-state index is 0.376. The van der Waals surface area contributed by atoms with E-state index < -0.39 is 11.8 Å². The largest absolute Gasteiger partial charge is 0.449 e. The van der Waals surface area contributed by atoms with E-state index in [1.54, 1.807) is 56.4 Å². The van der Waals surface area contributed by atoms with Gasteiger partial charge in [0, 0.05) is 42.9 Å². The van der Waals surface area contributed by atoms with Crippen LogP contribution in [0.5, 0.6) is 11.5 Å². The van der Waals surface area contributed by atoms with Gasteiger partial charge in [-0.05, 0) is 60.5 Å². The normalized spacial score (nSPS) is 13.7. The number of nitrogens with zero attached hydrogens (tertiary/aromatic N) is 2. The third-order valence-corrected chi connectivity index (χ3v) is 5.44. The van der Waals surface area contributed by atoms with Crippen LogP contribution in [0.15, 0.2) is 66.9 Å². The number of hydrogen-bond donors (Lipinski definition) is 1. The molecule has 0 saturated carbocycles. The Labute approximate surface area is 194 Å². The molecule has 1 aliphatic rings. The topological polar surface area (TPSA) is 65.4 Å². The first-order valence-electron chi connectivity index (χ1n) is 10.6. The molecule has 1 N–H and O–H groups in total. The van der Waals surface area contributed by atoms with E-state index in [2.05, 4.69) is 10.4 Å². The predicted molar refractivity (Wildman–Crippen MR) is 124 cm³/mol. The highest BCUT2D eigenvalue weighted by Crippen LogP contribution is 2.42. The first-order valence-corrected chi connectivity index (χ1v) is 10.6. The van der Waals surface area contributed by atoms with Gasteiger partial charge in [0.2, 0.25) is 5.79 Å². The Morgan fingerprint density at radius 3 is 2.09 bits per heavy atom. The fraction of sp³-hybridized carbons (Fsp3) is 0.154. The van der Waals surface area contributed by atoms with Gasteiger partial charge in [0.25, 0.3) is 0 Å². The van der Waals surface area contributed by atoms with Gasteiger partial charge in [-0.3, -0.25) is 0 Å². The van der Waals surface area contributed by atoms with Crippen LogP contribution in [0.3, 0.4) is 0 Å². The van der Waals surface area contributed by atoms with Crippen LogP contribution in [0, 0.1) is 18.6 Å². The van der Waals surface area contributed by atoms with Gasteiger partial charge in [0.15, 0.2) is 11.5 Å². The smallest absolute Gasteiger partial charge is 0.346 e. The van der Waals surface area contributed by atoms with Crippen LogP contribution < -0.4 is 14.8 Å². The van der Waals surface area contributed by atoms with Crippen molar-refractivity contribution in [2.24, 2.45) is 0 Å². The lowest BCUT2D eigenvalue weighted by molar-refractivity contribution is -0.0431. The van der Waals surface area contributed by atoms with Gasteiger partial charge in [-0.15, -0.1) is 0 Å². The van der Waals surface area contributed by atoms with Gasteiger partial charge in [-0.25, -0.2) is 13.6 Å². The Hall–Kier alpha value is -4.20. The number of fused-ring (bicyclic) bond motifs is 1. The second kappa shape index (κ2) is 7.98. The van der Waals surface area contributed by atoms with Crippen molar-refractivity contribution >= 4 is 11.7 Å². The molecule has 0 atom stereocenters. The molecule has 3 aromatic carbocycles. The number of aromatic nitrogens is 2. The Bertz CT molecular complexity index is 1330. The molecular formula is C26H21F2N3O3. The van der Waals surface area contributed by atoms with Crippen LogP contribution in [0.1, 0.15) is 19.4 Å². The van der Waals surface area contributed by atoms with Crippen molar-refractivity contribution in [3.63, 3.8) is 0 Å². The number of aryl methyl sites for hydroxylation is 1. The second-order valence-electron chi connectivity index (χ2n) is 8.50. The number of carbonyl (C=O) groups excluding carboxylic acids is 1. The lowest BCUT2D eigenvalue weighted by atomic mass is 10.0. The van der Waals surface area contributed by atoms with Gasteiger partial charge in [0.1, 0.15) is 17.3 Å². The minimum Gasteiger partial charge on any atom is -0.449 e. The van der Waals surface area contributed by atoms with E-state index in [1.165, 1.54) is 28.9 Å². The molecule has 8 heteroatoms. The molecule has 0 bridgehead atoms. The summed E-state index contributed by atoms with van der Waals surface area (Å²) in [7, 11) is 0. The fourth-order valence-corrected chi connectivity index (χ4v) is 3.82. The van der Waals surface area contributed by atoms with Crippen LogP contribution in [0.4, 0.5) is 19.3 Å². The molecule has 0 aliphatic carbocycles. The monoisotopic (exact) mass is 461 g/mol. The maximum atomic E-state index is 13.5. The van der Waals surface area contributed by atoms with Gasteiger partial charge in [-0.2, -0.15) is 9.78 Å². The Morgan fingerprint density at radius 2 is 1.47 bits per heavy atom. The minimum atomic E-state index is -0.784. The highest BCUT2D eigenvalue weighted by atomic mass is 19.1. The van der Waals surface area contributed by atoms with Crippen LogP contribution in [-0.2, 0) is 0 Å². The number of ether oxygens (including phenoxy) is 2. The lowest BCUT2D eigenvalue weighted by Gasteiger charge is -2.16. The molecule has 5 rings (SSSR count). The molecule has 0 radical (unpaired) electrons. The molecule has 1 aromatic heterocycles. The Kier molecular flexibility index (Phi) is 5.08. The number of hydrogen-bond acceptors (Lipinski definition) is 4. The van der Waals surface area contributed by atoms with Crippen LogP contribution in [0.25, 0.3) is 22.4 Å². The molecule has 2 heterocycles. The fourth-order valence-electron chi connectivity index (χ4n) is 3.82. The summed E-state index contributed by atoms with van der Waals surface area (Å²) in [5.74, 6) is -0.403. The van der Waals surface area contributed by atoms with Crippen molar-refractivity contribution in [2.75, 3.05) is 5.32 Å². The highest BCUT2D eigenvalue weighted by molar-refractivity contribution is 5.93. The zero-order valence-electron chi connectivity index (χ0n) is 18.7. The molecule has 172 valence electrons. The number of amides is 1. The SMILES string of the molecule is Cc1cc2c(cc1NC(=O)n1cc(-c3ccc(F)cc3)c(-c3ccc(F)cc3)n1)OC(C)(C)O2. The average Bonchev–Trinajstić information content (AvgIpc) is 3.35. The Morgan fingerprint density at radius 1 is 0.912 bits per heavy atom. The summed E-state index contributed by atoms with van der Waals surface area (Å²) in [6.07, 6.45) is 1.56. The quantitative estimate of drug-likeness (QED) is 0.384. The van der Waals surface area contributed by atoms with Crippen molar-refractivity contribution in [1.29, 1.82) is 0 Å². The number of benzene rings is 3. The molecular weight excluding hydrogens is 440 g/mol. The summed E-state index contributed by atoms with van der Waals surface area (Å²) in [6.45, 7) is 5.46. The zero-order valence-corrected chi connectivity index (χ0v) is 18.7. The van der Waals surface area contributed by atoms with Gasteiger partial charge in [-0.1, -0.05) is 12.1 Å². The third-order valence-electron chi connectivity index (χ3n) is 5.44. The summed E-state index contributed by atoms with van der Waals surface area (Å²) in [5, 5.41) is 7.31. The van der Waals surface area contributed by atoms with E-state index in [1.807, 2.05) is 6.92 Å². The van der Waals surface area contributed by atoms with Crippen molar-refractivity contribution in [3.05, 3.63) is 84.1 Å². The summed E-state index contributed by atoms with van der Waals surface area (Å²) in [4.78, 5) is 13.1. The zero-order chi connectivity index (χ0) is 24.0. The molecule has 1 amide bonds. The molecule has 0 spiro atoms. The third kappa shape index (κ3) is 4.10. The molecule has 6 nitrogen and oxygen atoms in total. The van der Waals surface area contributed by atoms with Crippen molar-refractivity contribution in [2.45, 2.75) is 26.6 Å². The van der Waals surface area contributed by atoms with E-state index in [0.29, 0.717) is 39.6 Å². The summed E-state index contributed by atoms with van der Waals surface area (Å²) in [5.41, 5.74) is 3.69. The molecule has 1 aliphatic heterocycles. The number of anilines is 1. The van der Waals surface area contributed by atoms with Gasteiger partial charge in [0.05, 0.1) is 0 Å². The summed E-state index contributed by atoms with van der Waals surface area (Å²) in [6, 6.07) is 14.7. The number of nitrogens with one attached hydrogen (secondary N) is 1. The van der Waals surface area contributed by atoms with E-state index in [4.69, 9.17) is 9.47 Å². The van der Waals surface area contributed by atoms with Crippen LogP contribution >= 0.6 is 0 Å². The van der Waals surface area contributed by atoms with Gasteiger partial charge < -0.3 is 14.8 Å². The summed E-state index contributed by atoms with van der Waals surface area (Å²) >= 11 is 0. The van der Waals surface area contributed by atoms with E-state index in [0.717, 1.165) is 5.56 Å². The maximum Gasteiger partial charge on any atom is 0.346 e. The highest BCUT2D eigenvalue weighted by Gasteiger charge is 2.32. The van der Waals surface area contributed by atoms with E-state index in [-0.39, 0.29) is 11.6 Å². The number of carbonyl (C=O) groups is 1. The van der Waals surface area contributed by atoms with Crippen LogP contribution in [-0.4, -0.2) is 21.6 Å². The standard InChI is InChI=1S/C26H21F2N3O3/c1-15-12-22-23(34-26(2,3)33-22)13-21(15)29-25(32)31-14-20(16-4-8-18(27)9-5-16)24(30-31)17-6-10-19(28)11-7-17/h4-14H,1-3H3,(H,29,32). The van der Waals surface area contributed by atoms with E-state index >= 15 is 0 Å².